The Balaban J connectivity index is 2.05. The first-order chi connectivity index (χ1) is 9.69. The zero-order chi connectivity index (χ0) is 14.1. The van der Waals surface area contributed by atoms with Crippen LogP contribution in [0.15, 0.2) is 47.0 Å². The van der Waals surface area contributed by atoms with E-state index >= 15 is 0 Å². The van der Waals surface area contributed by atoms with Crippen LogP contribution >= 0.6 is 11.6 Å². The average molecular weight is 288 g/mol. The number of pyridine rings is 1. The molecule has 3 nitrogen and oxygen atoms in total. The highest BCUT2D eigenvalue weighted by molar-refractivity contribution is 6.31. The standard InChI is InChI=1S/C16H14ClNO2/c1-2-10-4-3-7-18-15(10)16(19)14-9-11-8-12(17)5-6-13(11)20-14/h3-9,16,19H,2H2,1H3. The van der Waals surface area contributed by atoms with Gasteiger partial charge in [-0.1, -0.05) is 24.6 Å². The van der Waals surface area contributed by atoms with Crippen molar-refractivity contribution in [3.63, 3.8) is 0 Å². The van der Waals surface area contributed by atoms with Crippen molar-refractivity contribution in [1.82, 2.24) is 4.98 Å². The fraction of sp³-hybridized carbons (Fsp3) is 0.188. The van der Waals surface area contributed by atoms with Crippen LogP contribution in [0.2, 0.25) is 5.02 Å². The Labute approximate surface area is 121 Å². The first kappa shape index (κ1) is 13.2. The summed E-state index contributed by atoms with van der Waals surface area (Å²) in [4.78, 5) is 4.28. The van der Waals surface area contributed by atoms with Crippen LogP contribution in [-0.4, -0.2) is 10.1 Å². The smallest absolute Gasteiger partial charge is 0.154 e. The number of hydrogen-bond acceptors (Lipinski definition) is 3. The minimum Gasteiger partial charge on any atom is -0.458 e. The fourth-order valence-electron chi connectivity index (χ4n) is 2.30. The van der Waals surface area contributed by atoms with Crippen LogP contribution in [0.3, 0.4) is 0 Å². The van der Waals surface area contributed by atoms with Gasteiger partial charge in [0.05, 0.1) is 5.69 Å². The van der Waals surface area contributed by atoms with Gasteiger partial charge in [-0.2, -0.15) is 0 Å². The van der Waals surface area contributed by atoms with Crippen molar-refractivity contribution in [3.8, 4) is 0 Å². The van der Waals surface area contributed by atoms with Crippen molar-refractivity contribution in [2.24, 2.45) is 0 Å². The Hall–Kier alpha value is -1.84. The number of rotatable bonds is 3. The summed E-state index contributed by atoms with van der Waals surface area (Å²) >= 11 is 5.96. The van der Waals surface area contributed by atoms with Crippen molar-refractivity contribution in [2.45, 2.75) is 19.4 Å². The maximum atomic E-state index is 10.5. The van der Waals surface area contributed by atoms with E-state index in [1.54, 1.807) is 24.4 Å². The summed E-state index contributed by atoms with van der Waals surface area (Å²) in [7, 11) is 0. The van der Waals surface area contributed by atoms with Gasteiger partial charge < -0.3 is 9.52 Å². The summed E-state index contributed by atoms with van der Waals surface area (Å²) in [5.74, 6) is 0.482. The fourth-order valence-corrected chi connectivity index (χ4v) is 2.48. The van der Waals surface area contributed by atoms with Crippen molar-refractivity contribution >= 4 is 22.6 Å². The van der Waals surface area contributed by atoms with Gasteiger partial charge in [-0.15, -0.1) is 0 Å². The molecule has 3 rings (SSSR count). The number of aromatic nitrogens is 1. The molecule has 0 aliphatic heterocycles. The Kier molecular flexibility index (Phi) is 3.47. The van der Waals surface area contributed by atoms with E-state index in [-0.39, 0.29) is 0 Å². The second-order valence-corrected chi connectivity index (χ2v) is 5.07. The van der Waals surface area contributed by atoms with Crippen LogP contribution in [0.25, 0.3) is 11.0 Å². The quantitative estimate of drug-likeness (QED) is 0.788. The highest BCUT2D eigenvalue weighted by atomic mass is 35.5. The third-order valence-electron chi connectivity index (χ3n) is 3.33. The van der Waals surface area contributed by atoms with Gasteiger partial charge in [0.25, 0.3) is 0 Å². The van der Waals surface area contributed by atoms with E-state index in [1.165, 1.54) is 0 Å². The van der Waals surface area contributed by atoms with Gasteiger partial charge in [-0.25, -0.2) is 0 Å². The molecule has 3 aromatic rings. The molecule has 0 aliphatic rings. The minimum atomic E-state index is -0.864. The molecule has 1 unspecified atom stereocenters. The summed E-state index contributed by atoms with van der Waals surface area (Å²) in [5, 5.41) is 12.0. The van der Waals surface area contributed by atoms with Crippen LogP contribution in [-0.2, 0) is 6.42 Å². The molecule has 1 atom stereocenters. The Morgan fingerprint density at radius 1 is 1.30 bits per heavy atom. The van der Waals surface area contributed by atoms with Crippen LogP contribution in [0.1, 0.15) is 30.0 Å². The molecular weight excluding hydrogens is 274 g/mol. The van der Waals surface area contributed by atoms with E-state index in [0.717, 1.165) is 17.4 Å². The lowest BCUT2D eigenvalue weighted by molar-refractivity contribution is 0.186. The van der Waals surface area contributed by atoms with Crippen LogP contribution < -0.4 is 0 Å². The molecular formula is C16H14ClNO2. The van der Waals surface area contributed by atoms with Gasteiger partial charge in [0, 0.05) is 16.6 Å². The average Bonchev–Trinajstić information content (AvgIpc) is 2.89. The molecule has 0 spiro atoms. The van der Waals surface area contributed by atoms with Crippen LogP contribution in [0, 0.1) is 0 Å². The second-order valence-electron chi connectivity index (χ2n) is 4.63. The highest BCUT2D eigenvalue weighted by Crippen LogP contribution is 2.30. The van der Waals surface area contributed by atoms with E-state index in [1.807, 2.05) is 25.1 Å². The molecule has 102 valence electrons. The number of benzene rings is 1. The Bertz CT molecular complexity index is 751. The molecule has 0 bridgehead atoms. The van der Waals surface area contributed by atoms with E-state index in [9.17, 15) is 5.11 Å². The zero-order valence-electron chi connectivity index (χ0n) is 11.0. The third-order valence-corrected chi connectivity index (χ3v) is 3.57. The molecule has 0 amide bonds. The summed E-state index contributed by atoms with van der Waals surface area (Å²) in [6.45, 7) is 2.03. The Morgan fingerprint density at radius 3 is 2.95 bits per heavy atom. The number of aliphatic hydroxyl groups excluding tert-OH is 1. The number of aryl methyl sites for hydroxylation is 1. The lowest BCUT2D eigenvalue weighted by atomic mass is 10.1. The first-order valence-corrected chi connectivity index (χ1v) is 6.87. The van der Waals surface area contributed by atoms with Gasteiger partial charge in [0.15, 0.2) is 6.10 Å². The third kappa shape index (κ3) is 2.30. The molecule has 4 heteroatoms. The van der Waals surface area contributed by atoms with E-state index < -0.39 is 6.10 Å². The first-order valence-electron chi connectivity index (χ1n) is 6.50. The van der Waals surface area contributed by atoms with Gasteiger partial charge >= 0.3 is 0 Å². The molecule has 1 aromatic carbocycles. The van der Waals surface area contributed by atoms with E-state index in [0.29, 0.717) is 22.1 Å². The molecule has 0 saturated heterocycles. The molecule has 2 heterocycles. The number of halogens is 1. The van der Waals surface area contributed by atoms with Crippen molar-refractivity contribution < 1.29 is 9.52 Å². The summed E-state index contributed by atoms with van der Waals surface area (Å²) in [6.07, 6.45) is 1.63. The monoisotopic (exact) mass is 287 g/mol. The maximum absolute atomic E-state index is 10.5. The van der Waals surface area contributed by atoms with Crippen molar-refractivity contribution in [3.05, 3.63) is 64.6 Å². The molecule has 1 N–H and O–H groups in total. The maximum Gasteiger partial charge on any atom is 0.154 e. The molecule has 0 fully saturated rings. The second kappa shape index (κ2) is 5.27. The SMILES string of the molecule is CCc1cccnc1C(O)c1cc2cc(Cl)ccc2o1. The summed E-state index contributed by atoms with van der Waals surface area (Å²) in [5.41, 5.74) is 2.36. The lowest BCUT2D eigenvalue weighted by Gasteiger charge is -2.10. The highest BCUT2D eigenvalue weighted by Gasteiger charge is 2.19. The molecule has 0 radical (unpaired) electrons. The minimum absolute atomic E-state index is 0.482. The molecule has 20 heavy (non-hydrogen) atoms. The number of aliphatic hydroxyl groups is 1. The van der Waals surface area contributed by atoms with Gasteiger partial charge in [-0.05, 0) is 42.3 Å². The van der Waals surface area contributed by atoms with Gasteiger partial charge in [-0.3, -0.25) is 4.98 Å². The summed E-state index contributed by atoms with van der Waals surface area (Å²) < 4.78 is 5.69. The topological polar surface area (TPSA) is 46.3 Å². The lowest BCUT2D eigenvalue weighted by Crippen LogP contribution is -2.04. The number of furan rings is 1. The summed E-state index contributed by atoms with van der Waals surface area (Å²) in [6, 6.07) is 11.0. The van der Waals surface area contributed by atoms with E-state index in [4.69, 9.17) is 16.0 Å². The molecule has 2 aromatic heterocycles. The number of fused-ring (bicyclic) bond motifs is 1. The normalized spacial score (nSPS) is 12.8. The van der Waals surface area contributed by atoms with Crippen molar-refractivity contribution in [1.29, 1.82) is 0 Å². The van der Waals surface area contributed by atoms with Crippen LogP contribution in [0.4, 0.5) is 0 Å². The van der Waals surface area contributed by atoms with Crippen LogP contribution in [0.5, 0.6) is 0 Å². The molecule has 0 aliphatic carbocycles. The Morgan fingerprint density at radius 2 is 2.15 bits per heavy atom. The van der Waals surface area contributed by atoms with Crippen molar-refractivity contribution in [2.75, 3.05) is 0 Å². The van der Waals surface area contributed by atoms with Gasteiger partial charge in [0.2, 0.25) is 0 Å². The predicted octanol–water partition coefficient (Wildman–Crippen LogP) is 4.13. The molecule has 0 saturated carbocycles. The number of nitrogens with zero attached hydrogens (tertiary/aromatic N) is 1. The van der Waals surface area contributed by atoms with E-state index in [2.05, 4.69) is 4.98 Å². The largest absolute Gasteiger partial charge is 0.458 e. The number of hydrogen-bond donors (Lipinski definition) is 1. The predicted molar refractivity (Wildman–Crippen MR) is 78.9 cm³/mol. The van der Waals surface area contributed by atoms with Gasteiger partial charge in [0.1, 0.15) is 11.3 Å². The zero-order valence-corrected chi connectivity index (χ0v) is 11.8.